The van der Waals surface area contributed by atoms with Crippen molar-refractivity contribution >= 4 is 22.6 Å². The fraction of sp³-hybridized carbons (Fsp3) is 0.0667. The van der Waals surface area contributed by atoms with Gasteiger partial charge in [-0.3, -0.25) is 0 Å². The Hall–Kier alpha value is -1.93. The van der Waals surface area contributed by atoms with Crippen molar-refractivity contribution in [3.8, 4) is 11.3 Å². The van der Waals surface area contributed by atoms with Gasteiger partial charge in [-0.1, -0.05) is 41.9 Å². The van der Waals surface area contributed by atoms with E-state index in [4.69, 9.17) is 11.6 Å². The van der Waals surface area contributed by atoms with Crippen LogP contribution in [0, 0.1) is 6.92 Å². The highest BCUT2D eigenvalue weighted by Gasteiger charge is 2.09. The lowest BCUT2D eigenvalue weighted by Crippen LogP contribution is -1.94. The van der Waals surface area contributed by atoms with Gasteiger partial charge in [0.25, 0.3) is 0 Å². The lowest BCUT2D eigenvalue weighted by molar-refractivity contribution is 1.19. The second-order valence-electron chi connectivity index (χ2n) is 4.13. The Morgan fingerprint density at radius 2 is 1.44 bits per heavy atom. The molecule has 0 aliphatic carbocycles. The summed E-state index contributed by atoms with van der Waals surface area (Å²) >= 11 is 6.21. The Balaban J connectivity index is 2.30. The molecule has 0 saturated carbocycles. The van der Waals surface area contributed by atoms with Crippen molar-refractivity contribution in [3.05, 3.63) is 59.2 Å². The van der Waals surface area contributed by atoms with Gasteiger partial charge in [-0.2, -0.15) is 0 Å². The molecule has 2 aromatic carbocycles. The fourth-order valence-electron chi connectivity index (χ4n) is 2.00. The SMILES string of the molecule is Cc1nc2ccccc2nc1-c1ccccc1Cl. The van der Waals surface area contributed by atoms with Crippen molar-refractivity contribution in [1.29, 1.82) is 0 Å². The van der Waals surface area contributed by atoms with Crippen LogP contribution in [0.15, 0.2) is 48.5 Å². The van der Waals surface area contributed by atoms with Crippen LogP contribution in [-0.2, 0) is 0 Å². The predicted molar refractivity (Wildman–Crippen MR) is 74.7 cm³/mol. The third-order valence-electron chi connectivity index (χ3n) is 2.87. The predicted octanol–water partition coefficient (Wildman–Crippen LogP) is 4.26. The van der Waals surface area contributed by atoms with Gasteiger partial charge in [0.15, 0.2) is 0 Å². The van der Waals surface area contributed by atoms with Gasteiger partial charge in [-0.05, 0) is 25.1 Å². The van der Waals surface area contributed by atoms with Gasteiger partial charge in [0, 0.05) is 5.56 Å². The minimum atomic E-state index is 0.699. The summed E-state index contributed by atoms with van der Waals surface area (Å²) in [6.45, 7) is 1.96. The number of halogens is 1. The highest BCUT2D eigenvalue weighted by atomic mass is 35.5. The lowest BCUT2D eigenvalue weighted by Gasteiger charge is -2.08. The zero-order valence-corrected chi connectivity index (χ0v) is 10.6. The summed E-state index contributed by atoms with van der Waals surface area (Å²) < 4.78 is 0. The standard InChI is InChI=1S/C15H11ClN2/c1-10-15(11-6-2-3-7-12(11)16)18-14-9-5-4-8-13(14)17-10/h2-9H,1H3. The van der Waals surface area contributed by atoms with E-state index in [1.807, 2.05) is 55.5 Å². The summed E-state index contributed by atoms with van der Waals surface area (Å²) in [6.07, 6.45) is 0. The lowest BCUT2D eigenvalue weighted by atomic mass is 10.1. The number of hydrogen-bond donors (Lipinski definition) is 0. The van der Waals surface area contributed by atoms with E-state index in [0.717, 1.165) is 28.0 Å². The molecule has 1 heterocycles. The monoisotopic (exact) mass is 254 g/mol. The third-order valence-corrected chi connectivity index (χ3v) is 3.20. The number of hydrogen-bond acceptors (Lipinski definition) is 2. The molecule has 3 heteroatoms. The second-order valence-corrected chi connectivity index (χ2v) is 4.53. The number of nitrogens with zero attached hydrogens (tertiary/aromatic N) is 2. The van der Waals surface area contributed by atoms with E-state index in [0.29, 0.717) is 5.02 Å². The summed E-state index contributed by atoms with van der Waals surface area (Å²) in [5, 5.41) is 0.699. The Kier molecular flexibility index (Phi) is 2.73. The van der Waals surface area contributed by atoms with Gasteiger partial charge in [0.05, 0.1) is 27.4 Å². The van der Waals surface area contributed by atoms with Crippen LogP contribution in [0.25, 0.3) is 22.3 Å². The summed E-state index contributed by atoms with van der Waals surface area (Å²) in [5.41, 5.74) is 4.46. The molecule has 0 unspecified atom stereocenters. The Morgan fingerprint density at radius 3 is 2.17 bits per heavy atom. The van der Waals surface area contributed by atoms with Crippen LogP contribution >= 0.6 is 11.6 Å². The Bertz CT molecular complexity index is 723. The number of para-hydroxylation sites is 2. The van der Waals surface area contributed by atoms with Crippen molar-refractivity contribution in [3.63, 3.8) is 0 Å². The number of aryl methyl sites for hydroxylation is 1. The van der Waals surface area contributed by atoms with Gasteiger partial charge < -0.3 is 0 Å². The quantitative estimate of drug-likeness (QED) is 0.648. The first-order valence-electron chi connectivity index (χ1n) is 5.74. The normalized spacial score (nSPS) is 10.8. The molecule has 2 nitrogen and oxygen atoms in total. The molecule has 0 bridgehead atoms. The van der Waals surface area contributed by atoms with E-state index in [1.165, 1.54) is 0 Å². The maximum atomic E-state index is 6.21. The van der Waals surface area contributed by atoms with Crippen LogP contribution in [-0.4, -0.2) is 9.97 Å². The summed E-state index contributed by atoms with van der Waals surface area (Å²) in [4.78, 5) is 9.23. The van der Waals surface area contributed by atoms with Crippen molar-refractivity contribution in [2.75, 3.05) is 0 Å². The second kappa shape index (κ2) is 4.39. The van der Waals surface area contributed by atoms with E-state index in [1.54, 1.807) is 0 Å². The molecule has 0 aliphatic rings. The van der Waals surface area contributed by atoms with Gasteiger partial charge in [-0.15, -0.1) is 0 Å². The first-order valence-corrected chi connectivity index (χ1v) is 6.12. The average molecular weight is 255 g/mol. The zero-order chi connectivity index (χ0) is 12.5. The minimum Gasteiger partial charge on any atom is -0.249 e. The molecule has 0 N–H and O–H groups in total. The first-order chi connectivity index (χ1) is 8.75. The average Bonchev–Trinajstić information content (AvgIpc) is 2.39. The molecule has 3 rings (SSSR count). The molecule has 0 atom stereocenters. The topological polar surface area (TPSA) is 25.8 Å². The van der Waals surface area contributed by atoms with Gasteiger partial charge in [0.2, 0.25) is 0 Å². The molecule has 88 valence electrons. The van der Waals surface area contributed by atoms with Gasteiger partial charge in [0.1, 0.15) is 0 Å². The summed E-state index contributed by atoms with van der Waals surface area (Å²) in [7, 11) is 0. The van der Waals surface area contributed by atoms with E-state index < -0.39 is 0 Å². The van der Waals surface area contributed by atoms with Gasteiger partial charge >= 0.3 is 0 Å². The molecule has 1 aromatic heterocycles. The maximum Gasteiger partial charge on any atom is 0.0937 e. The Labute approximate surface area is 110 Å². The molecule has 18 heavy (non-hydrogen) atoms. The first kappa shape index (κ1) is 11.2. The third kappa shape index (κ3) is 1.85. The summed E-state index contributed by atoms with van der Waals surface area (Å²) in [5.74, 6) is 0. The molecule has 0 amide bonds. The Morgan fingerprint density at radius 1 is 0.833 bits per heavy atom. The molecule has 3 aromatic rings. The van der Waals surface area contributed by atoms with Crippen LogP contribution < -0.4 is 0 Å². The highest BCUT2D eigenvalue weighted by Crippen LogP contribution is 2.28. The maximum absolute atomic E-state index is 6.21. The number of aromatic nitrogens is 2. The minimum absolute atomic E-state index is 0.699. The van der Waals surface area contributed by atoms with Crippen LogP contribution in [0.3, 0.4) is 0 Å². The molecule has 0 spiro atoms. The fourth-order valence-corrected chi connectivity index (χ4v) is 2.22. The van der Waals surface area contributed by atoms with Crippen LogP contribution in [0.4, 0.5) is 0 Å². The van der Waals surface area contributed by atoms with E-state index >= 15 is 0 Å². The van der Waals surface area contributed by atoms with Crippen LogP contribution in [0.5, 0.6) is 0 Å². The number of benzene rings is 2. The zero-order valence-electron chi connectivity index (χ0n) is 9.89. The van der Waals surface area contributed by atoms with Crippen molar-refractivity contribution in [1.82, 2.24) is 9.97 Å². The van der Waals surface area contributed by atoms with Crippen molar-refractivity contribution < 1.29 is 0 Å². The molecule has 0 saturated heterocycles. The summed E-state index contributed by atoms with van der Waals surface area (Å²) in [6, 6.07) is 15.6. The molecular formula is C15H11ClN2. The molecule has 0 fully saturated rings. The number of fused-ring (bicyclic) bond motifs is 1. The van der Waals surface area contributed by atoms with E-state index in [-0.39, 0.29) is 0 Å². The molecular weight excluding hydrogens is 244 g/mol. The van der Waals surface area contributed by atoms with Crippen LogP contribution in [0.1, 0.15) is 5.69 Å². The smallest absolute Gasteiger partial charge is 0.0937 e. The van der Waals surface area contributed by atoms with Crippen LogP contribution in [0.2, 0.25) is 5.02 Å². The number of rotatable bonds is 1. The van der Waals surface area contributed by atoms with Crippen molar-refractivity contribution in [2.45, 2.75) is 6.92 Å². The van der Waals surface area contributed by atoms with E-state index in [9.17, 15) is 0 Å². The molecule has 0 radical (unpaired) electrons. The molecule has 0 aliphatic heterocycles. The van der Waals surface area contributed by atoms with Gasteiger partial charge in [-0.25, -0.2) is 9.97 Å². The largest absolute Gasteiger partial charge is 0.249 e. The highest BCUT2D eigenvalue weighted by molar-refractivity contribution is 6.33. The van der Waals surface area contributed by atoms with E-state index in [2.05, 4.69) is 9.97 Å². The van der Waals surface area contributed by atoms with Crippen molar-refractivity contribution in [2.24, 2.45) is 0 Å².